The molecule has 0 aromatic rings. The first-order chi connectivity index (χ1) is 10.1. The van der Waals surface area contributed by atoms with E-state index in [-0.39, 0.29) is 25.7 Å². The van der Waals surface area contributed by atoms with Gasteiger partial charge < -0.3 is 20.3 Å². The van der Waals surface area contributed by atoms with E-state index in [4.69, 9.17) is 14.9 Å². The van der Waals surface area contributed by atoms with E-state index in [1.165, 1.54) is 0 Å². The van der Waals surface area contributed by atoms with Gasteiger partial charge >= 0.3 is 18.0 Å². The Morgan fingerprint density at radius 2 is 1.68 bits per heavy atom. The highest BCUT2D eigenvalue weighted by Gasteiger charge is 2.26. The monoisotopic (exact) mass is 321 g/mol. The molecule has 0 fully saturated rings. The molecule has 8 heteroatoms. The van der Waals surface area contributed by atoms with Gasteiger partial charge in [-0.15, -0.1) is 0 Å². The van der Waals surface area contributed by atoms with Gasteiger partial charge in [0.1, 0.15) is 11.6 Å². The summed E-state index contributed by atoms with van der Waals surface area (Å²) < 4.78 is 17.1. The molecule has 0 heterocycles. The van der Waals surface area contributed by atoms with Gasteiger partial charge in [0.15, 0.2) is 0 Å². The zero-order valence-electron chi connectivity index (χ0n) is 13.1. The molecule has 0 radical (unpaired) electrons. The average molecular weight is 321 g/mol. The predicted molar refractivity (Wildman–Crippen MR) is 76.4 cm³/mol. The summed E-state index contributed by atoms with van der Waals surface area (Å²) in [4.78, 5) is 33.7. The number of carboxylic acid groups (broad SMARTS) is 2. The van der Waals surface area contributed by atoms with E-state index in [0.717, 1.165) is 0 Å². The summed E-state index contributed by atoms with van der Waals surface area (Å²) in [6, 6.07) is -1.25. The Bertz CT molecular complexity index is 393. The van der Waals surface area contributed by atoms with Gasteiger partial charge in [0.05, 0.1) is 12.6 Å². The van der Waals surface area contributed by atoms with Crippen molar-refractivity contribution in [2.45, 2.75) is 58.1 Å². The second kappa shape index (κ2) is 9.22. The number of halogens is 1. The summed E-state index contributed by atoms with van der Waals surface area (Å²) in [7, 11) is 0. The minimum absolute atomic E-state index is 0.0299. The first-order valence-corrected chi connectivity index (χ1v) is 7.08. The van der Waals surface area contributed by atoms with E-state index in [2.05, 4.69) is 5.32 Å². The maximum Gasteiger partial charge on any atom is 0.408 e. The summed E-state index contributed by atoms with van der Waals surface area (Å²) in [6.07, 6.45) is -0.686. The molecule has 7 nitrogen and oxygen atoms in total. The molecule has 1 unspecified atom stereocenters. The summed E-state index contributed by atoms with van der Waals surface area (Å²) in [5.41, 5.74) is -0.766. The van der Waals surface area contributed by atoms with E-state index in [1.807, 2.05) is 0 Å². The molecule has 0 saturated carbocycles. The van der Waals surface area contributed by atoms with Crippen molar-refractivity contribution in [2.75, 3.05) is 6.67 Å². The molecule has 0 bridgehead atoms. The van der Waals surface area contributed by atoms with Gasteiger partial charge in [-0.25, -0.2) is 9.59 Å². The molecule has 0 aliphatic rings. The summed E-state index contributed by atoms with van der Waals surface area (Å²) in [6.45, 7) is 4.29. The zero-order valence-corrected chi connectivity index (χ0v) is 13.1. The molecule has 0 aromatic carbocycles. The molecule has 0 spiro atoms. The Hall–Kier alpha value is -1.86. The van der Waals surface area contributed by atoms with E-state index in [9.17, 15) is 18.8 Å². The lowest BCUT2D eigenvalue weighted by atomic mass is 9.95. The molecule has 0 saturated heterocycles. The summed E-state index contributed by atoms with van der Waals surface area (Å²) in [5, 5.41) is 20.3. The van der Waals surface area contributed by atoms with Crippen molar-refractivity contribution in [3.63, 3.8) is 0 Å². The molecule has 0 rings (SSSR count). The number of rotatable bonds is 9. The maximum absolute atomic E-state index is 12.1. The number of amides is 1. The zero-order chi connectivity index (χ0) is 17.3. The van der Waals surface area contributed by atoms with Crippen LogP contribution in [-0.2, 0) is 14.3 Å². The highest BCUT2D eigenvalue weighted by molar-refractivity contribution is 5.80. The van der Waals surface area contributed by atoms with Crippen LogP contribution in [0.5, 0.6) is 0 Å². The Balaban J connectivity index is 4.54. The van der Waals surface area contributed by atoms with Crippen molar-refractivity contribution >= 4 is 18.0 Å². The van der Waals surface area contributed by atoms with Gasteiger partial charge in [-0.2, -0.15) is 0 Å². The molecular weight excluding hydrogens is 297 g/mol. The number of nitrogens with one attached hydrogen (secondary N) is 1. The number of carbonyl (C=O) groups excluding carboxylic acids is 1. The number of hydrogen-bond acceptors (Lipinski definition) is 4. The van der Waals surface area contributed by atoms with E-state index < -0.39 is 42.3 Å². The van der Waals surface area contributed by atoms with Crippen LogP contribution in [0.25, 0.3) is 0 Å². The highest BCUT2D eigenvalue weighted by Crippen LogP contribution is 2.16. The maximum atomic E-state index is 12.1. The largest absolute Gasteiger partial charge is 0.481 e. The van der Waals surface area contributed by atoms with Crippen molar-refractivity contribution in [1.29, 1.82) is 0 Å². The third-order valence-corrected chi connectivity index (χ3v) is 2.83. The van der Waals surface area contributed by atoms with Crippen LogP contribution >= 0.6 is 0 Å². The number of aliphatic carboxylic acids is 2. The van der Waals surface area contributed by atoms with Gasteiger partial charge in [-0.1, -0.05) is 0 Å². The smallest absolute Gasteiger partial charge is 0.408 e. The number of hydrogen-bond donors (Lipinski definition) is 3. The van der Waals surface area contributed by atoms with Crippen LogP contribution in [0, 0.1) is 5.92 Å². The molecule has 0 aromatic heterocycles. The van der Waals surface area contributed by atoms with Gasteiger partial charge in [0.2, 0.25) is 0 Å². The molecule has 128 valence electrons. The Morgan fingerprint density at radius 1 is 1.09 bits per heavy atom. The Morgan fingerprint density at radius 3 is 2.09 bits per heavy atom. The van der Waals surface area contributed by atoms with Crippen molar-refractivity contribution in [3.8, 4) is 0 Å². The summed E-state index contributed by atoms with van der Waals surface area (Å²) >= 11 is 0. The number of alkyl halides is 1. The van der Waals surface area contributed by atoms with Crippen LogP contribution in [0.15, 0.2) is 0 Å². The first-order valence-electron chi connectivity index (χ1n) is 7.08. The lowest BCUT2D eigenvalue weighted by molar-refractivity contribution is -0.144. The molecule has 0 aliphatic heterocycles. The summed E-state index contributed by atoms with van der Waals surface area (Å²) in [5.74, 6) is -3.21. The number of carbonyl (C=O) groups is 3. The van der Waals surface area contributed by atoms with Gasteiger partial charge in [-0.05, 0) is 46.5 Å². The number of alkyl carbamates (subject to hydrolysis) is 1. The standard InChI is InChI=1S/C14H24FNO6/c1-14(2,3)22-13(21)16-10(12(19)20)7-6-9(11(17)18)5-4-8-15/h9-10H,4-8H2,1-3H3,(H,16,21)(H,17,18)(H,19,20)/t9?,10-/m0/s1. The molecule has 2 atom stereocenters. The van der Waals surface area contributed by atoms with Crippen LogP contribution in [0.3, 0.4) is 0 Å². The van der Waals surface area contributed by atoms with Gasteiger partial charge in [0.25, 0.3) is 0 Å². The topological polar surface area (TPSA) is 113 Å². The number of carboxylic acids is 2. The van der Waals surface area contributed by atoms with Crippen molar-refractivity contribution < 1.29 is 33.7 Å². The molecule has 3 N–H and O–H groups in total. The van der Waals surface area contributed by atoms with E-state index in [0.29, 0.717) is 0 Å². The lowest BCUT2D eigenvalue weighted by Gasteiger charge is -2.22. The number of ether oxygens (including phenoxy) is 1. The molecule has 0 aliphatic carbocycles. The van der Waals surface area contributed by atoms with Crippen LogP contribution in [-0.4, -0.2) is 46.6 Å². The van der Waals surface area contributed by atoms with Crippen LogP contribution in [0.4, 0.5) is 9.18 Å². The average Bonchev–Trinajstić information content (AvgIpc) is 2.34. The van der Waals surface area contributed by atoms with Crippen LogP contribution in [0.1, 0.15) is 46.5 Å². The van der Waals surface area contributed by atoms with Crippen molar-refractivity contribution in [2.24, 2.45) is 5.92 Å². The highest BCUT2D eigenvalue weighted by atomic mass is 19.1. The third kappa shape index (κ3) is 9.15. The first kappa shape index (κ1) is 20.1. The fourth-order valence-electron chi connectivity index (χ4n) is 1.79. The van der Waals surface area contributed by atoms with E-state index in [1.54, 1.807) is 20.8 Å². The van der Waals surface area contributed by atoms with Crippen molar-refractivity contribution in [1.82, 2.24) is 5.32 Å². The van der Waals surface area contributed by atoms with E-state index >= 15 is 0 Å². The Kier molecular flexibility index (Phi) is 8.44. The van der Waals surface area contributed by atoms with Crippen LogP contribution < -0.4 is 5.32 Å². The van der Waals surface area contributed by atoms with Gasteiger partial charge in [-0.3, -0.25) is 9.18 Å². The predicted octanol–water partition coefficient (Wildman–Crippen LogP) is 2.19. The molecular formula is C14H24FNO6. The lowest BCUT2D eigenvalue weighted by Crippen LogP contribution is -2.43. The van der Waals surface area contributed by atoms with Crippen LogP contribution in [0.2, 0.25) is 0 Å². The third-order valence-electron chi connectivity index (χ3n) is 2.83. The SMILES string of the molecule is CC(C)(C)OC(=O)N[C@@H](CCC(CCCF)C(=O)O)C(=O)O. The fraction of sp³-hybridized carbons (Fsp3) is 0.786. The minimum Gasteiger partial charge on any atom is -0.481 e. The molecule has 1 amide bonds. The van der Waals surface area contributed by atoms with Crippen molar-refractivity contribution in [3.05, 3.63) is 0 Å². The Labute approximate surface area is 128 Å². The quantitative estimate of drug-likeness (QED) is 0.600. The normalized spacial score (nSPS) is 14.0. The second-order valence-corrected chi connectivity index (χ2v) is 5.98. The second-order valence-electron chi connectivity index (χ2n) is 5.98. The minimum atomic E-state index is -1.28. The van der Waals surface area contributed by atoms with Gasteiger partial charge in [0, 0.05) is 0 Å². The molecule has 22 heavy (non-hydrogen) atoms. The fourth-order valence-corrected chi connectivity index (χ4v) is 1.79.